The maximum Gasteiger partial charge on any atom is 0.130 e. The van der Waals surface area contributed by atoms with Gasteiger partial charge in [0, 0.05) is 17.2 Å². The Morgan fingerprint density at radius 1 is 1.14 bits per heavy atom. The fourth-order valence-corrected chi connectivity index (χ4v) is 1.81. The second-order valence-electron chi connectivity index (χ2n) is 4.42. The average Bonchev–Trinajstić information content (AvgIpc) is 2.46. The number of nitrogens with one attached hydrogen (secondary N) is 1. The zero-order valence-corrected chi connectivity index (χ0v) is 11.7. The molecule has 0 spiro atoms. The van der Waals surface area contributed by atoms with Crippen LogP contribution in [0, 0.1) is 11.2 Å². The highest BCUT2D eigenvalue weighted by atomic mass is 19.1. The molecule has 2 aromatic rings. The van der Waals surface area contributed by atoms with Crippen molar-refractivity contribution in [2.75, 3.05) is 6.61 Å². The topological polar surface area (TPSA) is 68.3 Å². The van der Waals surface area contributed by atoms with E-state index in [-0.39, 0.29) is 12.4 Å². The van der Waals surface area contributed by atoms with Crippen LogP contribution in [-0.4, -0.2) is 12.4 Å². The van der Waals surface area contributed by atoms with E-state index < -0.39 is 5.82 Å². The van der Waals surface area contributed by atoms with Gasteiger partial charge in [-0.2, -0.15) is 0 Å². The monoisotopic (exact) mass is 288 g/mol. The van der Waals surface area contributed by atoms with Crippen molar-refractivity contribution >= 4 is 5.84 Å². The average molecular weight is 288 g/mol. The highest BCUT2D eigenvalue weighted by molar-refractivity contribution is 5.94. The van der Waals surface area contributed by atoms with Gasteiger partial charge in [0.1, 0.15) is 29.8 Å². The molecule has 21 heavy (non-hydrogen) atoms. The second kappa shape index (κ2) is 6.74. The minimum atomic E-state index is -0.441. The summed E-state index contributed by atoms with van der Waals surface area (Å²) in [6.45, 7) is 2.57. The van der Waals surface area contributed by atoms with Crippen molar-refractivity contribution in [3.8, 4) is 11.5 Å². The Kier molecular flexibility index (Phi) is 4.77. The number of nitrogen functional groups attached to an aromatic ring is 1. The Balaban J connectivity index is 2.06. The first kappa shape index (κ1) is 14.8. The largest absolute Gasteiger partial charge is 0.494 e. The van der Waals surface area contributed by atoms with Crippen molar-refractivity contribution < 1.29 is 13.9 Å². The first-order valence-corrected chi connectivity index (χ1v) is 6.58. The maximum absolute atomic E-state index is 13.9. The summed E-state index contributed by atoms with van der Waals surface area (Å²) in [4.78, 5) is 0. The molecule has 0 saturated carbocycles. The standard InChI is InChI=1S/C16H17FN2O2/c1-2-20-13-4-3-5-14(9-13)21-10-12-7-6-11(16(18)19)8-15(12)17/h3-9H,2,10H2,1H3,(H3,18,19). The third kappa shape index (κ3) is 3.95. The quantitative estimate of drug-likeness (QED) is 0.634. The molecule has 5 heteroatoms. The highest BCUT2D eigenvalue weighted by Crippen LogP contribution is 2.21. The molecule has 0 aliphatic rings. The number of hydrogen-bond donors (Lipinski definition) is 2. The lowest BCUT2D eigenvalue weighted by Gasteiger charge is -2.10. The molecule has 0 aromatic heterocycles. The minimum Gasteiger partial charge on any atom is -0.494 e. The van der Waals surface area contributed by atoms with Crippen molar-refractivity contribution in [3.05, 3.63) is 59.4 Å². The number of benzene rings is 2. The first-order valence-electron chi connectivity index (χ1n) is 6.58. The van der Waals surface area contributed by atoms with Gasteiger partial charge < -0.3 is 15.2 Å². The molecule has 2 rings (SSSR count). The van der Waals surface area contributed by atoms with Gasteiger partial charge in [-0.25, -0.2) is 4.39 Å². The molecule has 0 radical (unpaired) electrons. The molecule has 2 aromatic carbocycles. The molecule has 0 amide bonds. The van der Waals surface area contributed by atoms with Gasteiger partial charge in [-0.05, 0) is 25.1 Å². The van der Waals surface area contributed by atoms with E-state index in [2.05, 4.69) is 0 Å². The zero-order valence-electron chi connectivity index (χ0n) is 11.7. The smallest absolute Gasteiger partial charge is 0.130 e. The van der Waals surface area contributed by atoms with Crippen LogP contribution in [0.1, 0.15) is 18.1 Å². The molecule has 0 fully saturated rings. The summed E-state index contributed by atoms with van der Waals surface area (Å²) in [5.74, 6) is 0.716. The Labute approximate surface area is 122 Å². The van der Waals surface area contributed by atoms with Crippen molar-refractivity contribution in [1.29, 1.82) is 5.41 Å². The van der Waals surface area contributed by atoms with Crippen LogP contribution in [0.4, 0.5) is 4.39 Å². The van der Waals surface area contributed by atoms with Gasteiger partial charge in [0.15, 0.2) is 0 Å². The van der Waals surface area contributed by atoms with Crippen molar-refractivity contribution in [3.63, 3.8) is 0 Å². The molecule has 0 aliphatic carbocycles. The lowest BCUT2D eigenvalue weighted by Crippen LogP contribution is -2.12. The van der Waals surface area contributed by atoms with Crippen LogP contribution in [0.2, 0.25) is 0 Å². The van der Waals surface area contributed by atoms with Crippen LogP contribution >= 0.6 is 0 Å². The summed E-state index contributed by atoms with van der Waals surface area (Å²) >= 11 is 0. The van der Waals surface area contributed by atoms with E-state index in [1.807, 2.05) is 19.1 Å². The van der Waals surface area contributed by atoms with E-state index in [1.54, 1.807) is 24.3 Å². The van der Waals surface area contributed by atoms with Gasteiger partial charge >= 0.3 is 0 Å². The molecule has 0 aliphatic heterocycles. The normalized spacial score (nSPS) is 10.2. The number of halogens is 1. The Hall–Kier alpha value is -2.56. The van der Waals surface area contributed by atoms with Crippen molar-refractivity contribution in [2.45, 2.75) is 13.5 Å². The summed E-state index contributed by atoms with van der Waals surface area (Å²) in [5, 5.41) is 7.27. The third-order valence-corrected chi connectivity index (χ3v) is 2.87. The van der Waals surface area contributed by atoms with E-state index >= 15 is 0 Å². The van der Waals surface area contributed by atoms with E-state index in [4.69, 9.17) is 20.6 Å². The second-order valence-corrected chi connectivity index (χ2v) is 4.42. The lowest BCUT2D eigenvalue weighted by molar-refractivity contribution is 0.294. The van der Waals surface area contributed by atoms with Crippen LogP contribution < -0.4 is 15.2 Å². The molecule has 0 bridgehead atoms. The molecule has 3 N–H and O–H groups in total. The molecule has 4 nitrogen and oxygen atoms in total. The van der Waals surface area contributed by atoms with Gasteiger partial charge in [-0.3, -0.25) is 5.41 Å². The zero-order chi connectivity index (χ0) is 15.2. The molecular formula is C16H17FN2O2. The SMILES string of the molecule is CCOc1cccc(OCc2ccc(C(=N)N)cc2F)c1. The van der Waals surface area contributed by atoms with Gasteiger partial charge in [-0.1, -0.05) is 18.2 Å². The van der Waals surface area contributed by atoms with Crippen LogP contribution in [0.5, 0.6) is 11.5 Å². The lowest BCUT2D eigenvalue weighted by atomic mass is 10.1. The summed E-state index contributed by atoms with van der Waals surface area (Å²) < 4.78 is 24.8. The third-order valence-electron chi connectivity index (χ3n) is 2.87. The molecule has 0 saturated heterocycles. The van der Waals surface area contributed by atoms with E-state index in [1.165, 1.54) is 6.07 Å². The molecule has 110 valence electrons. The van der Waals surface area contributed by atoms with Gasteiger partial charge in [0.25, 0.3) is 0 Å². The van der Waals surface area contributed by atoms with E-state index in [0.29, 0.717) is 29.2 Å². The molecular weight excluding hydrogens is 271 g/mol. The highest BCUT2D eigenvalue weighted by Gasteiger charge is 2.06. The number of rotatable bonds is 6. The number of amidine groups is 1. The van der Waals surface area contributed by atoms with E-state index in [0.717, 1.165) is 0 Å². The maximum atomic E-state index is 13.9. The molecule has 0 atom stereocenters. The van der Waals surface area contributed by atoms with Gasteiger partial charge in [0.2, 0.25) is 0 Å². The van der Waals surface area contributed by atoms with Gasteiger partial charge in [-0.15, -0.1) is 0 Å². The molecule has 0 unspecified atom stereocenters. The summed E-state index contributed by atoms with van der Waals surface area (Å²) in [6, 6.07) is 11.6. The van der Waals surface area contributed by atoms with Crippen LogP contribution in [0.15, 0.2) is 42.5 Å². The minimum absolute atomic E-state index is 0.0968. The summed E-state index contributed by atoms with van der Waals surface area (Å²) in [7, 11) is 0. The Bertz CT molecular complexity index is 644. The van der Waals surface area contributed by atoms with Gasteiger partial charge in [0.05, 0.1) is 6.61 Å². The Morgan fingerprint density at radius 3 is 2.48 bits per heavy atom. The summed E-state index contributed by atoms with van der Waals surface area (Å²) in [5.41, 5.74) is 6.07. The van der Waals surface area contributed by atoms with Crippen LogP contribution in [-0.2, 0) is 6.61 Å². The Morgan fingerprint density at radius 2 is 1.86 bits per heavy atom. The van der Waals surface area contributed by atoms with Crippen LogP contribution in [0.25, 0.3) is 0 Å². The van der Waals surface area contributed by atoms with Crippen molar-refractivity contribution in [2.24, 2.45) is 5.73 Å². The van der Waals surface area contributed by atoms with Crippen molar-refractivity contribution in [1.82, 2.24) is 0 Å². The predicted octanol–water partition coefficient (Wildman–Crippen LogP) is 3.09. The van der Waals surface area contributed by atoms with E-state index in [9.17, 15) is 4.39 Å². The fourth-order valence-electron chi connectivity index (χ4n) is 1.81. The van der Waals surface area contributed by atoms with Crippen LogP contribution in [0.3, 0.4) is 0 Å². The number of nitrogens with two attached hydrogens (primary N) is 1. The number of ether oxygens (including phenoxy) is 2. The molecule has 0 heterocycles. The predicted molar refractivity (Wildman–Crippen MR) is 79.4 cm³/mol. The fraction of sp³-hybridized carbons (Fsp3) is 0.188. The number of hydrogen-bond acceptors (Lipinski definition) is 3. The summed E-state index contributed by atoms with van der Waals surface area (Å²) in [6.07, 6.45) is 0. The first-order chi connectivity index (χ1) is 10.1.